The molecule has 0 aliphatic heterocycles. The minimum Gasteiger partial charge on any atom is -0.418 e. The molecule has 1 nitrogen and oxygen atoms in total. The van der Waals surface area contributed by atoms with Crippen molar-refractivity contribution in [3.63, 3.8) is 0 Å². The molecule has 1 aromatic heterocycles. The van der Waals surface area contributed by atoms with E-state index in [1.165, 1.54) is 0 Å². The van der Waals surface area contributed by atoms with Crippen LogP contribution in [0.1, 0.15) is 0 Å². The molecule has 0 unspecified atom stereocenters. The van der Waals surface area contributed by atoms with E-state index in [1.54, 1.807) is 0 Å². The van der Waals surface area contributed by atoms with Crippen molar-refractivity contribution in [2.24, 2.45) is 0 Å². The highest BCUT2D eigenvalue weighted by Crippen LogP contribution is 2.06. The van der Waals surface area contributed by atoms with Crippen LogP contribution < -0.4 is 4.79 Å². The Morgan fingerprint density at radius 3 is 1.43 bits per heavy atom. The van der Waals surface area contributed by atoms with Crippen LogP contribution in [0.5, 0.6) is 0 Å². The first-order chi connectivity index (χ1) is 6.22. The lowest BCUT2D eigenvalue weighted by atomic mass is 10.3. The lowest BCUT2D eigenvalue weighted by molar-refractivity contribution is -0.885. The molecule has 0 aliphatic carbocycles. The van der Waals surface area contributed by atoms with E-state index in [0.29, 0.717) is 0 Å². The fraction of sp³-hybridized carbons (Fsp3) is 0. The summed E-state index contributed by atoms with van der Waals surface area (Å²) in [5.74, 6) is -2.48. The highest BCUT2D eigenvalue weighted by molar-refractivity contribution is 6.50. The van der Waals surface area contributed by atoms with Crippen molar-refractivity contribution in [3.8, 4) is 0 Å². The summed E-state index contributed by atoms with van der Waals surface area (Å²) >= 11 is 0. The van der Waals surface area contributed by atoms with Gasteiger partial charge >= 0.3 is 19.1 Å². The third-order valence-electron chi connectivity index (χ3n) is 0.843. The van der Waals surface area contributed by atoms with Gasteiger partial charge in [0.25, 0.3) is 0 Å². The summed E-state index contributed by atoms with van der Waals surface area (Å²) in [5.41, 5.74) is 0. The molecule has 0 spiro atoms. The fourth-order valence-electron chi connectivity index (χ4n) is 0.440. The summed E-state index contributed by atoms with van der Waals surface area (Å²) < 4.78 is 74.8. The van der Waals surface area contributed by atoms with Gasteiger partial charge in [-0.1, -0.05) is 0 Å². The first-order valence-electron chi connectivity index (χ1n) is 3.11. The normalized spacial score (nSPS) is 10.5. The fourth-order valence-corrected chi connectivity index (χ4v) is 0.440. The molecule has 0 bridgehead atoms. The van der Waals surface area contributed by atoms with Crippen molar-refractivity contribution in [1.29, 1.82) is 0 Å². The van der Waals surface area contributed by atoms with Gasteiger partial charge in [0, 0.05) is 12.1 Å². The van der Waals surface area contributed by atoms with Crippen molar-refractivity contribution in [2.45, 2.75) is 0 Å². The highest BCUT2D eigenvalue weighted by atomic mass is 19.5. The van der Waals surface area contributed by atoms with Gasteiger partial charge in [0.1, 0.15) is 4.48 Å². The number of halogens is 7. The molecule has 0 atom stereocenters. The van der Waals surface area contributed by atoms with E-state index in [2.05, 4.69) is 0 Å². The molecule has 0 radical (unpaired) electrons. The minimum atomic E-state index is -6.00. The van der Waals surface area contributed by atoms with E-state index in [0.717, 1.165) is 18.2 Å². The average Bonchev–Trinajstić information content (AvgIpc) is 1.97. The van der Waals surface area contributed by atoms with Gasteiger partial charge in [-0.15, -0.1) is 8.78 Å². The third-order valence-corrected chi connectivity index (χ3v) is 0.843. The minimum absolute atomic E-state index is 0.667. The Kier molecular flexibility index (Phi) is 4.38. The van der Waals surface area contributed by atoms with Gasteiger partial charge in [-0.05, 0) is 6.07 Å². The maximum Gasteiger partial charge on any atom is 0.673 e. The summed E-state index contributed by atoms with van der Waals surface area (Å²) in [6.45, 7) is 0. The van der Waals surface area contributed by atoms with Crippen LogP contribution in [0.25, 0.3) is 0 Å². The maximum absolute atomic E-state index is 11.9. The molecule has 1 aromatic rings. The number of pyridine rings is 1. The summed E-state index contributed by atoms with van der Waals surface area (Å²) in [4.78, 5) is -0.667. The van der Waals surface area contributed by atoms with Crippen LogP contribution in [0.3, 0.4) is 0 Å². The predicted molar refractivity (Wildman–Crippen MR) is 33.2 cm³/mol. The van der Waals surface area contributed by atoms with Gasteiger partial charge < -0.3 is 17.3 Å². The lowest BCUT2D eigenvalue weighted by Gasteiger charge is -1.94. The highest BCUT2D eigenvalue weighted by Gasteiger charge is 2.20. The molecule has 0 saturated carbocycles. The lowest BCUT2D eigenvalue weighted by Crippen LogP contribution is -2.31. The number of aromatic nitrogens is 1. The van der Waals surface area contributed by atoms with Crippen LogP contribution in [0.4, 0.5) is 30.5 Å². The summed E-state index contributed by atoms with van der Waals surface area (Å²) in [5, 5.41) is 0. The number of hydrogen-bond donors (Lipinski definition) is 0. The van der Waals surface area contributed by atoms with E-state index >= 15 is 0 Å². The molecule has 0 aliphatic rings. The van der Waals surface area contributed by atoms with Crippen LogP contribution >= 0.6 is 0 Å². The standard InChI is InChI=1S/C5H3F3N.BF4/c6-4-2-1-3-5(7)9(4)8;2-1(3,4)5/h1-3H;/q+1;-1. The predicted octanol–water partition coefficient (Wildman–Crippen LogP) is 2.28. The number of rotatable bonds is 0. The number of hydrogen-bond acceptors (Lipinski definition) is 0. The van der Waals surface area contributed by atoms with Crippen LogP contribution in [0, 0.1) is 11.9 Å². The zero-order valence-electron chi connectivity index (χ0n) is 6.40. The Bertz CT molecular complexity index is 272. The summed E-state index contributed by atoms with van der Waals surface area (Å²) in [7, 11) is -6.00. The Hall–Kier alpha value is -1.28. The van der Waals surface area contributed by atoms with Crippen LogP contribution in [0.15, 0.2) is 18.2 Å². The topological polar surface area (TPSA) is 3.88 Å². The van der Waals surface area contributed by atoms with Gasteiger partial charge in [0.05, 0.1) is 4.79 Å². The molecule has 1 rings (SSSR count). The van der Waals surface area contributed by atoms with Crippen LogP contribution in [0.2, 0.25) is 0 Å². The second-order valence-electron chi connectivity index (χ2n) is 1.95. The van der Waals surface area contributed by atoms with E-state index < -0.39 is 23.9 Å². The molecule has 0 N–H and O–H groups in total. The van der Waals surface area contributed by atoms with Crippen molar-refractivity contribution in [1.82, 2.24) is 0 Å². The van der Waals surface area contributed by atoms with E-state index in [4.69, 9.17) is 0 Å². The summed E-state index contributed by atoms with van der Waals surface area (Å²) in [6, 6.07) is 2.73. The van der Waals surface area contributed by atoms with Crippen LogP contribution in [-0.4, -0.2) is 7.25 Å². The molecule has 0 aromatic carbocycles. The average molecular weight is 221 g/mol. The van der Waals surface area contributed by atoms with Crippen molar-refractivity contribution in [3.05, 3.63) is 30.1 Å². The quantitative estimate of drug-likeness (QED) is 0.359. The molecule has 80 valence electrons. The second kappa shape index (κ2) is 4.82. The van der Waals surface area contributed by atoms with Crippen molar-refractivity contribution >= 4 is 7.25 Å². The van der Waals surface area contributed by atoms with Crippen LogP contribution in [-0.2, 0) is 0 Å². The Morgan fingerprint density at radius 2 is 1.21 bits per heavy atom. The van der Waals surface area contributed by atoms with Gasteiger partial charge in [-0.25, -0.2) is 0 Å². The maximum atomic E-state index is 11.9. The monoisotopic (exact) mass is 221 g/mol. The molecule has 0 amide bonds. The molecule has 0 saturated heterocycles. The largest absolute Gasteiger partial charge is 0.673 e. The zero-order valence-corrected chi connectivity index (χ0v) is 6.40. The number of nitrogens with zero attached hydrogens (tertiary/aromatic N) is 1. The molecule has 9 heteroatoms. The Morgan fingerprint density at radius 1 is 0.929 bits per heavy atom. The first-order valence-corrected chi connectivity index (χ1v) is 3.11. The van der Waals surface area contributed by atoms with Crippen molar-refractivity contribution in [2.75, 3.05) is 0 Å². The molecule has 0 fully saturated rings. The van der Waals surface area contributed by atoms with Gasteiger partial charge in [0.15, 0.2) is 0 Å². The van der Waals surface area contributed by atoms with Crippen molar-refractivity contribution < 1.29 is 35.3 Å². The van der Waals surface area contributed by atoms with Gasteiger partial charge in [-0.3, -0.25) is 0 Å². The van der Waals surface area contributed by atoms with Gasteiger partial charge in [0.2, 0.25) is 0 Å². The van der Waals surface area contributed by atoms with E-state index in [1.807, 2.05) is 0 Å². The van der Waals surface area contributed by atoms with E-state index in [-0.39, 0.29) is 0 Å². The smallest absolute Gasteiger partial charge is 0.418 e. The SMILES string of the molecule is F[B-](F)(F)F.Fc1cccc(F)[n+]1F. The summed E-state index contributed by atoms with van der Waals surface area (Å²) in [6.07, 6.45) is 0. The van der Waals surface area contributed by atoms with Gasteiger partial charge in [-0.2, -0.15) is 0 Å². The Balaban J connectivity index is 0.000000292. The molecular formula is C5H3BF7N. The zero-order chi connectivity index (χ0) is 11.4. The molecule has 14 heavy (non-hydrogen) atoms. The van der Waals surface area contributed by atoms with E-state index in [9.17, 15) is 30.5 Å². The Labute approximate surface area is 73.8 Å². The second-order valence-corrected chi connectivity index (χ2v) is 1.95. The molecule has 1 heterocycles. The third kappa shape index (κ3) is 6.26. The first kappa shape index (κ1) is 12.7. The molecular weight excluding hydrogens is 218 g/mol.